The zero-order valence-corrected chi connectivity index (χ0v) is 9.33. The van der Waals surface area contributed by atoms with E-state index in [1.807, 2.05) is 0 Å². The van der Waals surface area contributed by atoms with Gasteiger partial charge in [0.05, 0.1) is 0 Å². The van der Waals surface area contributed by atoms with Crippen molar-refractivity contribution in [2.24, 2.45) is 0 Å². The van der Waals surface area contributed by atoms with Crippen LogP contribution >= 0.6 is 0 Å². The second-order valence-corrected chi connectivity index (χ2v) is 4.37. The first-order chi connectivity index (χ1) is 7.79. The average molecular weight is 210 g/mol. The van der Waals surface area contributed by atoms with E-state index in [9.17, 15) is 5.11 Å². The van der Waals surface area contributed by atoms with Gasteiger partial charge in [-0.3, -0.25) is 0 Å². The Hall–Kier alpha value is -1.76. The lowest BCUT2D eigenvalue weighted by molar-refractivity contribution is 0.495. The predicted molar refractivity (Wildman–Crippen MR) is 66.5 cm³/mol. The minimum absolute atomic E-state index is 0.478. The van der Waals surface area contributed by atoms with Crippen LogP contribution in [0.15, 0.2) is 36.4 Å². The molecule has 1 heteroatoms. The van der Waals surface area contributed by atoms with Gasteiger partial charge in [0.25, 0.3) is 0 Å². The van der Waals surface area contributed by atoms with Crippen molar-refractivity contribution in [3.63, 3.8) is 0 Å². The molecule has 80 valence electrons. The Morgan fingerprint density at radius 3 is 2.12 bits per heavy atom. The van der Waals surface area contributed by atoms with E-state index in [0.29, 0.717) is 5.75 Å². The predicted octanol–water partition coefficient (Wildman–Crippen LogP) is 3.99. The molecule has 2 aliphatic rings. The summed E-state index contributed by atoms with van der Waals surface area (Å²) in [5.74, 6) is 0.478. The summed E-state index contributed by atoms with van der Waals surface area (Å²) < 4.78 is 0. The molecule has 0 heterocycles. The second-order valence-electron chi connectivity index (χ2n) is 4.37. The number of aryl methyl sites for hydroxylation is 1. The van der Waals surface area contributed by atoms with E-state index in [4.69, 9.17) is 0 Å². The van der Waals surface area contributed by atoms with Gasteiger partial charge in [0, 0.05) is 11.1 Å². The molecule has 1 aromatic rings. The van der Waals surface area contributed by atoms with E-state index in [1.54, 1.807) is 0 Å². The van der Waals surface area contributed by atoms with Gasteiger partial charge in [-0.05, 0) is 35.2 Å². The number of benzene rings is 2. The molecule has 1 nitrogen and oxygen atoms in total. The van der Waals surface area contributed by atoms with Crippen molar-refractivity contribution < 1.29 is 5.11 Å². The van der Waals surface area contributed by atoms with Crippen molar-refractivity contribution >= 4 is 0 Å². The van der Waals surface area contributed by atoms with E-state index in [2.05, 4.69) is 43.3 Å². The molecule has 0 unspecified atom stereocenters. The summed E-state index contributed by atoms with van der Waals surface area (Å²) in [5, 5.41) is 9.29. The first kappa shape index (κ1) is 9.46. The molecule has 1 aromatic carbocycles. The largest absolute Gasteiger partial charge is 0.507 e. The van der Waals surface area contributed by atoms with Gasteiger partial charge in [0.15, 0.2) is 0 Å². The van der Waals surface area contributed by atoms with Crippen LogP contribution in [-0.4, -0.2) is 5.11 Å². The van der Waals surface area contributed by atoms with Crippen molar-refractivity contribution in [2.75, 3.05) is 0 Å². The van der Waals surface area contributed by atoms with Gasteiger partial charge in [0.2, 0.25) is 0 Å². The molecule has 0 aliphatic heterocycles. The quantitative estimate of drug-likeness (QED) is 0.693. The third-order valence-corrected chi connectivity index (χ3v) is 3.16. The summed E-state index contributed by atoms with van der Waals surface area (Å²) in [4.78, 5) is 0. The van der Waals surface area contributed by atoms with Crippen LogP contribution in [0.25, 0.3) is 22.3 Å². The second kappa shape index (κ2) is 3.38. The Bertz CT molecular complexity index is 515. The first-order valence-corrected chi connectivity index (χ1v) is 5.76. The van der Waals surface area contributed by atoms with Gasteiger partial charge < -0.3 is 5.11 Å². The normalized spacial score (nSPS) is 11.6. The lowest BCUT2D eigenvalue weighted by Crippen LogP contribution is -1.82. The number of phenolic OH excluding ortho intramolecular Hbond substituents is 1. The van der Waals surface area contributed by atoms with Crippen molar-refractivity contribution in [3.8, 4) is 28.0 Å². The van der Waals surface area contributed by atoms with Gasteiger partial charge >= 0.3 is 0 Å². The zero-order chi connectivity index (χ0) is 11.1. The van der Waals surface area contributed by atoms with E-state index in [0.717, 1.165) is 17.5 Å². The molecule has 0 saturated heterocycles. The van der Waals surface area contributed by atoms with Crippen LogP contribution in [0.3, 0.4) is 0 Å². The smallest absolute Gasteiger partial charge is 0.131 e. The number of aromatic hydroxyl groups is 1. The molecule has 0 amide bonds. The fourth-order valence-corrected chi connectivity index (χ4v) is 2.17. The minimum Gasteiger partial charge on any atom is -0.507 e. The molecule has 16 heavy (non-hydrogen) atoms. The number of phenols is 1. The molecule has 0 spiro atoms. The van der Waals surface area contributed by atoms with Gasteiger partial charge in [0.1, 0.15) is 5.75 Å². The summed E-state index contributed by atoms with van der Waals surface area (Å²) in [6.07, 6.45) is 2.33. The van der Waals surface area contributed by atoms with Crippen LogP contribution in [0.4, 0.5) is 0 Å². The molecule has 0 atom stereocenters. The summed E-state index contributed by atoms with van der Waals surface area (Å²) in [6.45, 7) is 2.20. The summed E-state index contributed by atoms with van der Waals surface area (Å²) in [5.41, 5.74) is 5.88. The number of hydrogen-bond donors (Lipinski definition) is 1. The highest BCUT2D eigenvalue weighted by atomic mass is 16.3. The highest BCUT2D eigenvalue weighted by Crippen LogP contribution is 2.53. The molecule has 0 saturated carbocycles. The lowest BCUT2D eigenvalue weighted by atomic mass is 10.0. The molecule has 0 radical (unpaired) electrons. The monoisotopic (exact) mass is 210 g/mol. The van der Waals surface area contributed by atoms with Gasteiger partial charge in [-0.25, -0.2) is 0 Å². The van der Waals surface area contributed by atoms with Crippen LogP contribution in [0, 0.1) is 0 Å². The molecule has 0 aromatic heterocycles. The van der Waals surface area contributed by atoms with Crippen LogP contribution in [-0.2, 0) is 6.42 Å². The molecule has 0 bridgehead atoms. The van der Waals surface area contributed by atoms with Crippen molar-refractivity contribution in [3.05, 3.63) is 42.0 Å². The Balaban J connectivity index is 1.88. The SMILES string of the molecule is CCCc1ccc(-c2cc3c(O)c-3c2)cc1. The fourth-order valence-electron chi connectivity index (χ4n) is 2.17. The number of fused-ring (bicyclic) bond motifs is 1. The maximum absolute atomic E-state index is 9.29. The topological polar surface area (TPSA) is 20.2 Å². The Morgan fingerprint density at radius 2 is 1.56 bits per heavy atom. The van der Waals surface area contributed by atoms with Crippen molar-refractivity contribution in [1.82, 2.24) is 0 Å². The highest BCUT2D eigenvalue weighted by Gasteiger charge is 2.25. The van der Waals surface area contributed by atoms with Crippen LogP contribution in [0.2, 0.25) is 0 Å². The Kier molecular flexibility index (Phi) is 2.00. The molecular weight excluding hydrogens is 196 g/mol. The standard InChI is InChI=1S/C15H14O/c1-2-3-10-4-6-11(7-5-10)12-8-13-14(9-12)15(13)16/h4-9,16H,2-3H2,1H3. The molecule has 2 aliphatic carbocycles. The third kappa shape index (κ3) is 1.40. The van der Waals surface area contributed by atoms with E-state index in [1.165, 1.54) is 23.1 Å². The Labute approximate surface area is 95.4 Å². The summed E-state index contributed by atoms with van der Waals surface area (Å²) in [7, 11) is 0. The molecular formula is C15H14O. The van der Waals surface area contributed by atoms with Crippen molar-refractivity contribution in [2.45, 2.75) is 19.8 Å². The minimum atomic E-state index is 0.478. The van der Waals surface area contributed by atoms with E-state index in [-0.39, 0.29) is 0 Å². The maximum atomic E-state index is 9.29. The van der Waals surface area contributed by atoms with Gasteiger partial charge in [-0.1, -0.05) is 37.6 Å². The first-order valence-electron chi connectivity index (χ1n) is 5.76. The van der Waals surface area contributed by atoms with Crippen LogP contribution < -0.4 is 0 Å². The number of rotatable bonds is 3. The van der Waals surface area contributed by atoms with Gasteiger partial charge in [-0.15, -0.1) is 0 Å². The summed E-state index contributed by atoms with van der Waals surface area (Å²) >= 11 is 0. The third-order valence-electron chi connectivity index (χ3n) is 3.16. The van der Waals surface area contributed by atoms with Crippen LogP contribution in [0.1, 0.15) is 18.9 Å². The Morgan fingerprint density at radius 1 is 0.938 bits per heavy atom. The van der Waals surface area contributed by atoms with Crippen molar-refractivity contribution in [1.29, 1.82) is 0 Å². The zero-order valence-electron chi connectivity index (χ0n) is 9.33. The highest BCUT2D eigenvalue weighted by molar-refractivity contribution is 5.99. The number of hydrogen-bond acceptors (Lipinski definition) is 1. The molecule has 1 N–H and O–H groups in total. The van der Waals surface area contributed by atoms with Gasteiger partial charge in [-0.2, -0.15) is 0 Å². The fraction of sp³-hybridized carbons (Fsp3) is 0.200. The molecule has 3 rings (SSSR count). The van der Waals surface area contributed by atoms with E-state index >= 15 is 0 Å². The van der Waals surface area contributed by atoms with E-state index < -0.39 is 0 Å². The maximum Gasteiger partial charge on any atom is 0.131 e. The summed E-state index contributed by atoms with van der Waals surface area (Å²) in [6, 6.07) is 12.8. The molecule has 0 fully saturated rings. The lowest BCUT2D eigenvalue weighted by Gasteiger charge is -2.01. The average Bonchev–Trinajstić information content (AvgIpc) is 2.77. The van der Waals surface area contributed by atoms with Crippen LogP contribution in [0.5, 0.6) is 5.75 Å².